The summed E-state index contributed by atoms with van der Waals surface area (Å²) in [6.07, 6.45) is 1.44. The lowest BCUT2D eigenvalue weighted by molar-refractivity contribution is 0.431. The molecule has 0 aromatic carbocycles. The first-order valence-electron chi connectivity index (χ1n) is 3.60. The molecule has 0 aliphatic carbocycles. The van der Waals surface area contributed by atoms with Crippen molar-refractivity contribution in [3.05, 3.63) is 23.7 Å². The fraction of sp³-hybridized carbons (Fsp3) is 0. The van der Waals surface area contributed by atoms with Crippen LogP contribution in [0.3, 0.4) is 0 Å². The summed E-state index contributed by atoms with van der Waals surface area (Å²) in [7, 11) is -3.69. The lowest BCUT2D eigenvalue weighted by Gasteiger charge is -1.95. The van der Waals surface area contributed by atoms with E-state index in [1.54, 1.807) is 17.5 Å². The zero-order valence-corrected chi connectivity index (χ0v) is 8.51. The molecule has 0 unspecified atom stereocenters. The number of thiophene rings is 1. The van der Waals surface area contributed by atoms with Gasteiger partial charge < -0.3 is 4.52 Å². The van der Waals surface area contributed by atoms with Gasteiger partial charge in [0.2, 0.25) is 10.0 Å². The van der Waals surface area contributed by atoms with Crippen molar-refractivity contribution in [1.82, 2.24) is 5.16 Å². The average Bonchev–Trinajstić information content (AvgIpc) is 2.73. The van der Waals surface area contributed by atoms with Gasteiger partial charge in [0.15, 0.2) is 5.76 Å². The van der Waals surface area contributed by atoms with E-state index in [1.807, 2.05) is 0 Å². The highest BCUT2D eigenvalue weighted by atomic mass is 32.2. The molecule has 2 rings (SSSR count). The molecule has 2 aromatic rings. The van der Waals surface area contributed by atoms with Crippen molar-refractivity contribution in [3.8, 4) is 11.3 Å². The van der Waals surface area contributed by atoms with Crippen LogP contribution in [0.5, 0.6) is 0 Å². The van der Waals surface area contributed by atoms with Gasteiger partial charge in [0.25, 0.3) is 0 Å². The molecular weight excluding hydrogens is 224 g/mol. The van der Waals surface area contributed by atoms with Crippen LogP contribution < -0.4 is 5.14 Å². The number of nitrogens with two attached hydrogens (primary N) is 1. The van der Waals surface area contributed by atoms with E-state index in [2.05, 4.69) is 5.16 Å². The molecule has 0 aliphatic rings. The van der Waals surface area contributed by atoms with Gasteiger partial charge in [0, 0.05) is 6.07 Å². The molecule has 0 bridgehead atoms. The molecule has 0 radical (unpaired) electrons. The van der Waals surface area contributed by atoms with Crippen molar-refractivity contribution in [3.63, 3.8) is 0 Å². The topological polar surface area (TPSA) is 86.2 Å². The summed E-state index contributed by atoms with van der Waals surface area (Å²) in [5.74, 6) is 0.398. The zero-order chi connectivity index (χ0) is 10.2. The quantitative estimate of drug-likeness (QED) is 0.835. The van der Waals surface area contributed by atoms with Gasteiger partial charge in [-0.25, -0.2) is 13.6 Å². The fourth-order valence-corrected chi connectivity index (χ4v) is 2.85. The second kappa shape index (κ2) is 3.19. The third-order valence-electron chi connectivity index (χ3n) is 1.59. The van der Waals surface area contributed by atoms with Crippen LogP contribution in [0.1, 0.15) is 0 Å². The van der Waals surface area contributed by atoms with Crippen LogP contribution in [0, 0.1) is 0 Å². The molecule has 0 saturated carbocycles. The Morgan fingerprint density at radius 1 is 1.43 bits per heavy atom. The van der Waals surface area contributed by atoms with E-state index >= 15 is 0 Å². The first-order chi connectivity index (χ1) is 6.59. The number of sulfonamides is 1. The Kier molecular flexibility index (Phi) is 2.14. The summed E-state index contributed by atoms with van der Waals surface area (Å²) in [5, 5.41) is 10.2. The van der Waals surface area contributed by atoms with Gasteiger partial charge in [-0.05, 0) is 11.4 Å². The van der Waals surface area contributed by atoms with Gasteiger partial charge in [-0.3, -0.25) is 0 Å². The van der Waals surface area contributed by atoms with Crippen molar-refractivity contribution in [2.24, 2.45) is 5.14 Å². The number of hydrogen-bond acceptors (Lipinski definition) is 5. The smallest absolute Gasteiger partial charge is 0.248 e. The standard InChI is InChI=1S/C7H6N2O3S2/c8-14(10,11)7-5(2-4-13-7)6-1-3-9-12-6/h1-4H,(H2,8,10,11). The van der Waals surface area contributed by atoms with Gasteiger partial charge in [0.05, 0.1) is 11.8 Å². The maximum Gasteiger partial charge on any atom is 0.248 e. The first kappa shape index (κ1) is 9.38. The van der Waals surface area contributed by atoms with E-state index in [0.717, 1.165) is 11.3 Å². The second-order valence-corrected chi connectivity index (χ2v) is 5.22. The van der Waals surface area contributed by atoms with Crippen molar-refractivity contribution in [2.45, 2.75) is 4.21 Å². The summed E-state index contributed by atoms with van der Waals surface area (Å²) in [6.45, 7) is 0. The van der Waals surface area contributed by atoms with Crippen LogP contribution in [0.4, 0.5) is 0 Å². The average molecular weight is 230 g/mol. The van der Waals surface area contributed by atoms with Gasteiger partial charge >= 0.3 is 0 Å². The molecule has 0 saturated heterocycles. The molecule has 0 aliphatic heterocycles. The monoisotopic (exact) mass is 230 g/mol. The highest BCUT2D eigenvalue weighted by Gasteiger charge is 2.18. The number of hydrogen-bond donors (Lipinski definition) is 1. The summed E-state index contributed by atoms with van der Waals surface area (Å²) >= 11 is 1.05. The Morgan fingerprint density at radius 2 is 2.21 bits per heavy atom. The minimum absolute atomic E-state index is 0.0919. The molecule has 7 heteroatoms. The SMILES string of the molecule is NS(=O)(=O)c1sccc1-c1ccno1. The maximum atomic E-state index is 11.1. The van der Waals surface area contributed by atoms with E-state index in [-0.39, 0.29) is 4.21 Å². The molecule has 0 fully saturated rings. The fourth-order valence-electron chi connectivity index (χ4n) is 1.05. The summed E-state index contributed by atoms with van der Waals surface area (Å²) < 4.78 is 27.2. The molecule has 2 heterocycles. The molecule has 14 heavy (non-hydrogen) atoms. The van der Waals surface area contributed by atoms with Crippen LogP contribution in [0.25, 0.3) is 11.3 Å². The summed E-state index contributed by atoms with van der Waals surface area (Å²) in [6, 6.07) is 3.21. The number of aromatic nitrogens is 1. The molecule has 2 N–H and O–H groups in total. The van der Waals surface area contributed by atoms with E-state index in [4.69, 9.17) is 9.66 Å². The Balaban J connectivity index is 2.62. The van der Waals surface area contributed by atoms with E-state index in [1.165, 1.54) is 6.20 Å². The zero-order valence-electron chi connectivity index (χ0n) is 6.88. The summed E-state index contributed by atoms with van der Waals surface area (Å²) in [4.78, 5) is 0. The Labute approximate surface area is 84.2 Å². The van der Waals surface area contributed by atoms with Crippen LogP contribution >= 0.6 is 11.3 Å². The number of rotatable bonds is 2. The predicted molar refractivity (Wildman–Crippen MR) is 51.2 cm³/mol. The largest absolute Gasteiger partial charge is 0.356 e. The maximum absolute atomic E-state index is 11.1. The van der Waals surface area contributed by atoms with Crippen LogP contribution in [-0.2, 0) is 10.0 Å². The normalized spacial score (nSPS) is 11.8. The third kappa shape index (κ3) is 1.57. The lowest BCUT2D eigenvalue weighted by atomic mass is 10.3. The molecule has 0 spiro atoms. The molecule has 2 aromatic heterocycles. The van der Waals surface area contributed by atoms with Gasteiger partial charge in [-0.15, -0.1) is 11.3 Å². The molecule has 5 nitrogen and oxygen atoms in total. The van der Waals surface area contributed by atoms with E-state index < -0.39 is 10.0 Å². The molecule has 0 amide bonds. The Hall–Kier alpha value is -1.18. The van der Waals surface area contributed by atoms with Crippen molar-refractivity contribution in [2.75, 3.05) is 0 Å². The van der Waals surface area contributed by atoms with Gasteiger partial charge in [0.1, 0.15) is 4.21 Å². The highest BCUT2D eigenvalue weighted by Crippen LogP contribution is 2.30. The minimum Gasteiger partial charge on any atom is -0.356 e. The molecule has 0 atom stereocenters. The Bertz CT molecular complexity index is 527. The second-order valence-electron chi connectivity index (χ2n) is 2.54. The first-order valence-corrected chi connectivity index (χ1v) is 6.03. The lowest BCUT2D eigenvalue weighted by Crippen LogP contribution is -2.11. The van der Waals surface area contributed by atoms with Gasteiger partial charge in [-0.1, -0.05) is 5.16 Å². The van der Waals surface area contributed by atoms with Crippen LogP contribution in [0.2, 0.25) is 0 Å². The van der Waals surface area contributed by atoms with E-state index in [9.17, 15) is 8.42 Å². The third-order valence-corrected chi connectivity index (χ3v) is 4.02. The Morgan fingerprint density at radius 3 is 2.79 bits per heavy atom. The highest BCUT2D eigenvalue weighted by molar-refractivity contribution is 7.91. The van der Waals surface area contributed by atoms with Gasteiger partial charge in [-0.2, -0.15) is 0 Å². The van der Waals surface area contributed by atoms with Crippen molar-refractivity contribution in [1.29, 1.82) is 0 Å². The number of primary sulfonamides is 1. The van der Waals surface area contributed by atoms with Crippen LogP contribution in [-0.4, -0.2) is 13.6 Å². The van der Waals surface area contributed by atoms with E-state index in [0.29, 0.717) is 11.3 Å². The number of nitrogens with zero attached hydrogens (tertiary/aromatic N) is 1. The molecular formula is C7H6N2O3S2. The summed E-state index contributed by atoms with van der Waals surface area (Å²) in [5.41, 5.74) is 0.454. The minimum atomic E-state index is -3.69. The molecule has 74 valence electrons. The van der Waals surface area contributed by atoms with Crippen molar-refractivity contribution >= 4 is 21.4 Å². The van der Waals surface area contributed by atoms with Crippen LogP contribution in [0.15, 0.2) is 32.4 Å². The van der Waals surface area contributed by atoms with Crippen molar-refractivity contribution < 1.29 is 12.9 Å². The predicted octanol–water partition coefficient (Wildman–Crippen LogP) is 1.05.